The minimum atomic E-state index is -0.704. The number of carbonyl (C=O) groups excluding carboxylic acids is 1. The molecule has 22 heavy (non-hydrogen) atoms. The molecule has 3 aliphatic rings. The Kier molecular flexibility index (Phi) is 4.71. The predicted molar refractivity (Wildman–Crippen MR) is 81.4 cm³/mol. The molecule has 124 valence electrons. The van der Waals surface area contributed by atoms with Gasteiger partial charge in [0.2, 0.25) is 5.91 Å². The third-order valence-electron chi connectivity index (χ3n) is 5.95. The van der Waals surface area contributed by atoms with Crippen molar-refractivity contribution in [2.24, 2.45) is 17.3 Å². The molecular weight excluding hydrogens is 282 g/mol. The molecule has 0 aromatic rings. The van der Waals surface area contributed by atoms with Gasteiger partial charge in [0.05, 0.1) is 5.92 Å². The lowest BCUT2D eigenvalue weighted by molar-refractivity contribution is -0.147. The van der Waals surface area contributed by atoms with Gasteiger partial charge in [0, 0.05) is 32.2 Å². The summed E-state index contributed by atoms with van der Waals surface area (Å²) in [7, 11) is 0. The van der Waals surface area contributed by atoms with Crippen LogP contribution in [0.3, 0.4) is 0 Å². The molecule has 0 aromatic heterocycles. The first kappa shape index (κ1) is 15.8. The molecule has 0 bridgehead atoms. The van der Waals surface area contributed by atoms with Crippen LogP contribution < -0.4 is 0 Å². The predicted octanol–water partition coefficient (Wildman–Crippen LogP) is 2.30. The van der Waals surface area contributed by atoms with Crippen LogP contribution >= 0.6 is 0 Å². The Bertz CT molecular complexity index is 417. The summed E-state index contributed by atoms with van der Waals surface area (Å²) in [6.45, 7) is 3.41. The van der Waals surface area contributed by atoms with Crippen molar-refractivity contribution in [3.63, 3.8) is 0 Å². The second-order valence-corrected chi connectivity index (χ2v) is 7.36. The summed E-state index contributed by atoms with van der Waals surface area (Å²) < 4.78 is 5.48. The van der Waals surface area contributed by atoms with E-state index in [1.165, 1.54) is 6.42 Å². The SMILES string of the molecule is O=C(O)C1CCC(C(=O)N2CCCC3(CCOCC3)C2)CC1. The topological polar surface area (TPSA) is 66.8 Å². The molecule has 3 fully saturated rings. The second kappa shape index (κ2) is 6.57. The van der Waals surface area contributed by atoms with Gasteiger partial charge in [-0.3, -0.25) is 9.59 Å². The van der Waals surface area contributed by atoms with Crippen molar-refractivity contribution in [3.8, 4) is 0 Å². The van der Waals surface area contributed by atoms with Gasteiger partial charge in [-0.25, -0.2) is 0 Å². The molecule has 5 heteroatoms. The van der Waals surface area contributed by atoms with Crippen LogP contribution in [-0.2, 0) is 14.3 Å². The van der Waals surface area contributed by atoms with Crippen LogP contribution in [0.2, 0.25) is 0 Å². The average Bonchev–Trinajstić information content (AvgIpc) is 2.55. The minimum Gasteiger partial charge on any atom is -0.481 e. The summed E-state index contributed by atoms with van der Waals surface area (Å²) in [5.41, 5.74) is 0.282. The molecule has 5 nitrogen and oxygen atoms in total. The quantitative estimate of drug-likeness (QED) is 0.850. The Balaban J connectivity index is 1.57. The van der Waals surface area contributed by atoms with Crippen molar-refractivity contribution < 1.29 is 19.4 Å². The Morgan fingerprint density at radius 3 is 2.27 bits per heavy atom. The van der Waals surface area contributed by atoms with Gasteiger partial charge in [-0.05, 0) is 56.8 Å². The van der Waals surface area contributed by atoms with Crippen LogP contribution in [0.15, 0.2) is 0 Å². The highest BCUT2D eigenvalue weighted by molar-refractivity contribution is 5.79. The Morgan fingerprint density at radius 2 is 1.64 bits per heavy atom. The van der Waals surface area contributed by atoms with Crippen molar-refractivity contribution in [1.29, 1.82) is 0 Å². The smallest absolute Gasteiger partial charge is 0.306 e. The molecule has 0 unspecified atom stereocenters. The second-order valence-electron chi connectivity index (χ2n) is 7.36. The largest absolute Gasteiger partial charge is 0.481 e. The highest BCUT2D eigenvalue weighted by Crippen LogP contribution is 2.40. The molecule has 1 amide bonds. The molecular formula is C17H27NO4. The van der Waals surface area contributed by atoms with E-state index in [1.807, 2.05) is 0 Å². The fourth-order valence-electron chi connectivity index (χ4n) is 4.45. The number of carboxylic acids is 1. The first-order valence-corrected chi connectivity index (χ1v) is 8.69. The van der Waals surface area contributed by atoms with Gasteiger partial charge >= 0.3 is 5.97 Å². The molecule has 1 saturated carbocycles. The third-order valence-corrected chi connectivity index (χ3v) is 5.95. The van der Waals surface area contributed by atoms with Gasteiger partial charge in [-0.2, -0.15) is 0 Å². The number of likely N-dealkylation sites (tertiary alicyclic amines) is 1. The molecule has 2 saturated heterocycles. The van der Waals surface area contributed by atoms with E-state index in [0.717, 1.165) is 58.4 Å². The number of aliphatic carboxylic acids is 1. The van der Waals surface area contributed by atoms with Crippen LogP contribution in [0.25, 0.3) is 0 Å². The number of ether oxygens (including phenoxy) is 1. The molecule has 1 N–H and O–H groups in total. The van der Waals surface area contributed by atoms with E-state index in [9.17, 15) is 9.59 Å². The summed E-state index contributed by atoms with van der Waals surface area (Å²) in [6, 6.07) is 0. The standard InChI is InChI=1S/C17H27NO4/c19-15(13-2-4-14(5-3-13)16(20)21)18-9-1-6-17(12-18)7-10-22-11-8-17/h13-14H,1-12H2,(H,20,21). The van der Waals surface area contributed by atoms with Gasteiger partial charge < -0.3 is 14.7 Å². The van der Waals surface area contributed by atoms with E-state index in [2.05, 4.69) is 4.90 Å². The maximum absolute atomic E-state index is 12.8. The van der Waals surface area contributed by atoms with Gasteiger partial charge in [-0.15, -0.1) is 0 Å². The summed E-state index contributed by atoms with van der Waals surface area (Å²) in [4.78, 5) is 25.9. The number of hydrogen-bond donors (Lipinski definition) is 1. The molecule has 1 aliphatic carbocycles. The fraction of sp³-hybridized carbons (Fsp3) is 0.882. The number of carbonyl (C=O) groups is 2. The highest BCUT2D eigenvalue weighted by atomic mass is 16.5. The fourth-order valence-corrected chi connectivity index (χ4v) is 4.45. The maximum atomic E-state index is 12.8. The van der Waals surface area contributed by atoms with E-state index in [1.54, 1.807) is 0 Å². The van der Waals surface area contributed by atoms with E-state index < -0.39 is 5.97 Å². The number of hydrogen-bond acceptors (Lipinski definition) is 3. The molecule has 2 aliphatic heterocycles. The number of amides is 1. The molecule has 3 rings (SSSR count). The zero-order valence-corrected chi connectivity index (χ0v) is 13.3. The Morgan fingerprint density at radius 1 is 1.00 bits per heavy atom. The number of piperidine rings is 1. The van der Waals surface area contributed by atoms with Crippen molar-refractivity contribution in [1.82, 2.24) is 4.90 Å². The first-order chi connectivity index (χ1) is 10.6. The normalized spacial score (nSPS) is 31.9. The van der Waals surface area contributed by atoms with Gasteiger partial charge in [-0.1, -0.05) is 0 Å². The molecule has 0 aromatic carbocycles. The van der Waals surface area contributed by atoms with E-state index in [4.69, 9.17) is 9.84 Å². The lowest BCUT2D eigenvalue weighted by atomic mass is 9.73. The molecule has 1 spiro atoms. The first-order valence-electron chi connectivity index (χ1n) is 8.69. The number of carboxylic acid groups (broad SMARTS) is 1. The lowest BCUT2D eigenvalue weighted by Crippen LogP contribution is -2.50. The minimum absolute atomic E-state index is 0.0468. The van der Waals surface area contributed by atoms with Crippen molar-refractivity contribution >= 4 is 11.9 Å². The zero-order valence-electron chi connectivity index (χ0n) is 13.3. The van der Waals surface area contributed by atoms with Crippen LogP contribution in [0.1, 0.15) is 51.4 Å². The summed E-state index contributed by atoms with van der Waals surface area (Å²) >= 11 is 0. The van der Waals surface area contributed by atoms with Crippen LogP contribution in [0.5, 0.6) is 0 Å². The maximum Gasteiger partial charge on any atom is 0.306 e. The number of nitrogens with zero attached hydrogens (tertiary/aromatic N) is 1. The van der Waals surface area contributed by atoms with E-state index >= 15 is 0 Å². The van der Waals surface area contributed by atoms with Crippen LogP contribution in [0, 0.1) is 17.3 Å². The third kappa shape index (κ3) is 3.29. The van der Waals surface area contributed by atoms with E-state index in [0.29, 0.717) is 12.8 Å². The Hall–Kier alpha value is -1.10. The van der Waals surface area contributed by atoms with Crippen LogP contribution in [0.4, 0.5) is 0 Å². The average molecular weight is 309 g/mol. The summed E-state index contributed by atoms with van der Waals surface area (Å²) in [5.74, 6) is -0.628. The molecule has 0 radical (unpaired) electrons. The van der Waals surface area contributed by atoms with Gasteiger partial charge in [0.15, 0.2) is 0 Å². The van der Waals surface area contributed by atoms with Gasteiger partial charge in [0.25, 0.3) is 0 Å². The van der Waals surface area contributed by atoms with Crippen molar-refractivity contribution in [3.05, 3.63) is 0 Å². The van der Waals surface area contributed by atoms with E-state index in [-0.39, 0.29) is 23.2 Å². The molecule has 0 atom stereocenters. The highest BCUT2D eigenvalue weighted by Gasteiger charge is 2.40. The zero-order chi connectivity index (χ0) is 15.6. The number of rotatable bonds is 2. The van der Waals surface area contributed by atoms with Crippen molar-refractivity contribution in [2.75, 3.05) is 26.3 Å². The summed E-state index contributed by atoms with van der Waals surface area (Å²) in [5, 5.41) is 9.07. The summed E-state index contributed by atoms with van der Waals surface area (Å²) in [6.07, 6.45) is 7.23. The Labute approximate surface area is 132 Å². The van der Waals surface area contributed by atoms with Crippen molar-refractivity contribution in [2.45, 2.75) is 51.4 Å². The molecule has 2 heterocycles. The lowest BCUT2D eigenvalue weighted by Gasteiger charge is -2.46. The van der Waals surface area contributed by atoms with Crippen LogP contribution in [-0.4, -0.2) is 48.2 Å². The van der Waals surface area contributed by atoms with Gasteiger partial charge in [0.1, 0.15) is 0 Å². The monoisotopic (exact) mass is 309 g/mol.